The van der Waals surface area contributed by atoms with Crippen molar-refractivity contribution in [3.63, 3.8) is 0 Å². The first-order chi connectivity index (χ1) is 10.8. The van der Waals surface area contributed by atoms with E-state index >= 15 is 0 Å². The molecular formula is C16H9N3O2S. The number of nitrogen functional groups attached to an aromatic ring is 1. The summed E-state index contributed by atoms with van der Waals surface area (Å²) in [6.07, 6.45) is 3.19. The Hall–Kier alpha value is -3.04. The van der Waals surface area contributed by atoms with Crippen LogP contribution in [0.3, 0.4) is 0 Å². The average Bonchev–Trinajstić information content (AvgIpc) is 3.28. The molecule has 4 heterocycles. The zero-order valence-corrected chi connectivity index (χ0v) is 12.1. The van der Waals surface area contributed by atoms with Crippen molar-refractivity contribution in [2.45, 2.75) is 0 Å². The molecule has 4 rings (SSSR count). The zero-order valence-electron chi connectivity index (χ0n) is 11.2. The van der Waals surface area contributed by atoms with E-state index in [4.69, 9.17) is 14.6 Å². The summed E-state index contributed by atoms with van der Waals surface area (Å²) in [6, 6.07) is 11.3. The Morgan fingerprint density at radius 2 is 1.86 bits per heavy atom. The van der Waals surface area contributed by atoms with Crippen molar-refractivity contribution < 1.29 is 8.83 Å². The molecule has 0 atom stereocenters. The lowest BCUT2D eigenvalue weighted by Gasteiger charge is -2.04. The molecule has 0 fully saturated rings. The molecule has 5 nitrogen and oxygen atoms in total. The summed E-state index contributed by atoms with van der Waals surface area (Å²) >= 11 is 1.27. The number of furan rings is 2. The van der Waals surface area contributed by atoms with Crippen LogP contribution in [0.4, 0.5) is 5.69 Å². The van der Waals surface area contributed by atoms with Crippen molar-refractivity contribution in [3.8, 4) is 28.8 Å². The van der Waals surface area contributed by atoms with Crippen molar-refractivity contribution in [2.24, 2.45) is 0 Å². The molecule has 4 aromatic heterocycles. The summed E-state index contributed by atoms with van der Waals surface area (Å²) in [5.74, 6) is 1.33. The minimum absolute atomic E-state index is 0.437. The van der Waals surface area contributed by atoms with Gasteiger partial charge in [0.2, 0.25) is 0 Å². The van der Waals surface area contributed by atoms with Gasteiger partial charge in [-0.25, -0.2) is 4.98 Å². The number of hydrogen-bond donors (Lipinski definition) is 1. The highest BCUT2D eigenvalue weighted by Crippen LogP contribution is 2.41. The molecular weight excluding hydrogens is 298 g/mol. The van der Waals surface area contributed by atoms with Crippen molar-refractivity contribution >= 4 is 27.2 Å². The minimum atomic E-state index is 0.437. The lowest BCUT2D eigenvalue weighted by atomic mass is 10.1. The topological polar surface area (TPSA) is 89.0 Å². The van der Waals surface area contributed by atoms with E-state index in [9.17, 15) is 5.26 Å². The maximum Gasteiger partial charge on any atom is 0.152 e. The van der Waals surface area contributed by atoms with Gasteiger partial charge in [-0.2, -0.15) is 5.26 Å². The summed E-state index contributed by atoms with van der Waals surface area (Å²) in [5, 5.41) is 9.95. The van der Waals surface area contributed by atoms with E-state index < -0.39 is 0 Å². The van der Waals surface area contributed by atoms with Gasteiger partial charge in [-0.1, -0.05) is 0 Å². The van der Waals surface area contributed by atoms with Crippen LogP contribution in [0, 0.1) is 11.3 Å². The van der Waals surface area contributed by atoms with Crippen LogP contribution >= 0.6 is 11.3 Å². The molecule has 6 heteroatoms. The van der Waals surface area contributed by atoms with Crippen LogP contribution < -0.4 is 5.73 Å². The Bertz CT molecular complexity index is 993. The Balaban J connectivity index is 2.10. The number of aromatic nitrogens is 1. The van der Waals surface area contributed by atoms with Gasteiger partial charge >= 0.3 is 0 Å². The molecule has 0 saturated carbocycles. The molecule has 106 valence electrons. The Morgan fingerprint density at radius 3 is 2.50 bits per heavy atom. The summed E-state index contributed by atoms with van der Waals surface area (Å²) in [5.41, 5.74) is 8.02. The fraction of sp³-hybridized carbons (Fsp3) is 0. The predicted octanol–water partition coefficient (Wildman–Crippen LogP) is 4.27. The Morgan fingerprint density at radius 1 is 1.14 bits per heavy atom. The first-order valence-corrected chi connectivity index (χ1v) is 7.30. The molecule has 4 aromatic rings. The molecule has 22 heavy (non-hydrogen) atoms. The van der Waals surface area contributed by atoms with Crippen LogP contribution in [0.5, 0.6) is 0 Å². The molecule has 2 N–H and O–H groups in total. The number of fused-ring (bicyclic) bond motifs is 1. The van der Waals surface area contributed by atoms with Crippen LogP contribution in [-0.2, 0) is 0 Å². The van der Waals surface area contributed by atoms with Gasteiger partial charge in [-0.3, -0.25) is 0 Å². The number of nitriles is 1. The van der Waals surface area contributed by atoms with E-state index in [0.29, 0.717) is 32.6 Å². The summed E-state index contributed by atoms with van der Waals surface area (Å²) in [4.78, 5) is 5.71. The van der Waals surface area contributed by atoms with Crippen LogP contribution in [0.2, 0.25) is 0 Å². The Labute approximate surface area is 129 Å². The van der Waals surface area contributed by atoms with Crippen LogP contribution in [0.25, 0.3) is 33.0 Å². The molecule has 0 radical (unpaired) electrons. The monoisotopic (exact) mass is 307 g/mol. The third kappa shape index (κ3) is 1.80. The van der Waals surface area contributed by atoms with E-state index in [1.807, 2.05) is 24.3 Å². The average molecular weight is 307 g/mol. The van der Waals surface area contributed by atoms with Gasteiger partial charge in [-0.05, 0) is 30.3 Å². The second kappa shape index (κ2) is 4.76. The smallest absolute Gasteiger partial charge is 0.152 e. The number of thiophene rings is 1. The van der Waals surface area contributed by atoms with E-state index in [2.05, 4.69) is 11.1 Å². The largest absolute Gasteiger partial charge is 0.464 e. The standard InChI is InChI=1S/C16H9N3O2S/c17-8-13-15(18)14-9(11-3-1-5-20-11)7-10(19-16(14)22-13)12-4-2-6-21-12/h1-7H,18H2. The number of nitrogens with two attached hydrogens (primary N) is 1. The number of anilines is 1. The minimum Gasteiger partial charge on any atom is -0.464 e. The maximum absolute atomic E-state index is 9.20. The summed E-state index contributed by atoms with van der Waals surface area (Å²) in [7, 11) is 0. The molecule has 0 spiro atoms. The lowest BCUT2D eigenvalue weighted by Crippen LogP contribution is -1.90. The van der Waals surface area contributed by atoms with Gasteiger partial charge in [0.05, 0.1) is 18.2 Å². The van der Waals surface area contributed by atoms with E-state index in [1.54, 1.807) is 18.6 Å². The molecule has 0 aliphatic carbocycles. The van der Waals surface area contributed by atoms with Gasteiger partial charge in [0.15, 0.2) is 5.76 Å². The van der Waals surface area contributed by atoms with Crippen molar-refractivity contribution in [1.29, 1.82) is 5.26 Å². The molecule has 0 unspecified atom stereocenters. The first kappa shape index (κ1) is 12.7. The lowest BCUT2D eigenvalue weighted by molar-refractivity contribution is 0.579. The zero-order chi connectivity index (χ0) is 15.1. The quantitative estimate of drug-likeness (QED) is 0.597. The second-order valence-electron chi connectivity index (χ2n) is 4.65. The van der Waals surface area contributed by atoms with Gasteiger partial charge in [0.1, 0.15) is 27.2 Å². The van der Waals surface area contributed by atoms with Crippen molar-refractivity contribution in [2.75, 3.05) is 5.73 Å². The van der Waals surface area contributed by atoms with Crippen LogP contribution in [0.15, 0.2) is 51.7 Å². The van der Waals surface area contributed by atoms with Gasteiger partial charge in [0.25, 0.3) is 0 Å². The normalized spacial score (nSPS) is 10.9. The van der Waals surface area contributed by atoms with E-state index in [1.165, 1.54) is 11.3 Å². The molecule has 0 aliphatic heterocycles. The van der Waals surface area contributed by atoms with Gasteiger partial charge < -0.3 is 14.6 Å². The van der Waals surface area contributed by atoms with Gasteiger partial charge in [-0.15, -0.1) is 11.3 Å². The summed E-state index contributed by atoms with van der Waals surface area (Å²) < 4.78 is 10.9. The predicted molar refractivity (Wildman–Crippen MR) is 84.2 cm³/mol. The molecule has 0 aromatic carbocycles. The third-order valence-electron chi connectivity index (χ3n) is 3.36. The first-order valence-electron chi connectivity index (χ1n) is 6.49. The van der Waals surface area contributed by atoms with Crippen LogP contribution in [0.1, 0.15) is 4.88 Å². The third-order valence-corrected chi connectivity index (χ3v) is 4.36. The highest BCUT2D eigenvalue weighted by Gasteiger charge is 2.19. The second-order valence-corrected chi connectivity index (χ2v) is 5.65. The molecule has 0 bridgehead atoms. The van der Waals surface area contributed by atoms with Crippen molar-refractivity contribution in [3.05, 3.63) is 47.7 Å². The van der Waals surface area contributed by atoms with Crippen molar-refractivity contribution in [1.82, 2.24) is 4.98 Å². The number of pyridine rings is 1. The highest BCUT2D eigenvalue weighted by molar-refractivity contribution is 7.20. The van der Waals surface area contributed by atoms with E-state index in [0.717, 1.165) is 10.9 Å². The fourth-order valence-corrected chi connectivity index (χ4v) is 3.30. The Kier molecular flexibility index (Phi) is 2.74. The molecule has 0 aliphatic rings. The number of hydrogen-bond acceptors (Lipinski definition) is 6. The number of nitrogens with zero attached hydrogens (tertiary/aromatic N) is 2. The molecule has 0 saturated heterocycles. The highest BCUT2D eigenvalue weighted by atomic mass is 32.1. The van der Waals surface area contributed by atoms with E-state index in [-0.39, 0.29) is 0 Å². The van der Waals surface area contributed by atoms with Gasteiger partial charge in [0, 0.05) is 10.9 Å². The van der Waals surface area contributed by atoms with Crippen LogP contribution in [-0.4, -0.2) is 4.98 Å². The summed E-state index contributed by atoms with van der Waals surface area (Å²) in [6.45, 7) is 0. The fourth-order valence-electron chi connectivity index (χ4n) is 2.38. The SMILES string of the molecule is N#Cc1sc2nc(-c3ccco3)cc(-c3ccco3)c2c1N. The number of rotatable bonds is 2. The maximum atomic E-state index is 9.20. The molecule has 0 amide bonds.